The molecule has 0 spiro atoms. The third kappa shape index (κ3) is 4.27. The van der Waals surface area contributed by atoms with E-state index in [0.717, 1.165) is 12.0 Å². The van der Waals surface area contributed by atoms with Crippen LogP contribution in [-0.4, -0.2) is 19.0 Å². The number of hydrogen-bond acceptors (Lipinski definition) is 4. The third-order valence-electron chi connectivity index (χ3n) is 3.49. The molecule has 4 nitrogen and oxygen atoms in total. The molecular weight excluding hydrogens is 326 g/mol. The van der Waals surface area contributed by atoms with Crippen molar-refractivity contribution in [3.63, 3.8) is 0 Å². The predicted octanol–water partition coefficient (Wildman–Crippen LogP) is 4.43. The van der Waals surface area contributed by atoms with E-state index in [2.05, 4.69) is 0 Å². The first kappa shape index (κ1) is 17.8. The van der Waals surface area contributed by atoms with Crippen LogP contribution in [0.25, 0.3) is 0 Å². The Morgan fingerprint density at radius 3 is 2.58 bits per heavy atom. The van der Waals surface area contributed by atoms with Gasteiger partial charge in [0.15, 0.2) is 6.61 Å². The van der Waals surface area contributed by atoms with E-state index in [1.165, 1.54) is 0 Å². The summed E-state index contributed by atoms with van der Waals surface area (Å²) < 4.78 is 10.9. The second kappa shape index (κ2) is 8.37. The monoisotopic (exact) mass is 343 g/mol. The van der Waals surface area contributed by atoms with Gasteiger partial charge in [0, 0.05) is 11.6 Å². The van der Waals surface area contributed by atoms with Gasteiger partial charge in [-0.25, -0.2) is 0 Å². The molecule has 0 amide bonds. The van der Waals surface area contributed by atoms with Crippen LogP contribution in [0, 0.1) is 11.3 Å². The molecule has 0 saturated heterocycles. The van der Waals surface area contributed by atoms with E-state index in [-0.39, 0.29) is 12.4 Å². The van der Waals surface area contributed by atoms with Gasteiger partial charge in [0.1, 0.15) is 17.6 Å². The number of Topliss-reactive ketones (excluding diaryl/α,β-unsaturated/α-hetero) is 1. The van der Waals surface area contributed by atoms with E-state index in [0.29, 0.717) is 34.3 Å². The molecule has 0 aliphatic carbocycles. The van der Waals surface area contributed by atoms with E-state index >= 15 is 0 Å². The number of rotatable bonds is 7. The SMILES string of the molecule is CCOc1ccc(C#N)c(OCC(=O)c2ccc(CC)cc2Cl)c1. The fourth-order valence-electron chi connectivity index (χ4n) is 2.20. The number of benzene rings is 2. The van der Waals surface area contributed by atoms with Crippen molar-refractivity contribution >= 4 is 17.4 Å². The van der Waals surface area contributed by atoms with Crippen LogP contribution in [0.4, 0.5) is 0 Å². The summed E-state index contributed by atoms with van der Waals surface area (Å²) in [4.78, 5) is 12.3. The highest BCUT2D eigenvalue weighted by Gasteiger charge is 2.13. The van der Waals surface area contributed by atoms with E-state index in [1.54, 1.807) is 30.3 Å². The van der Waals surface area contributed by atoms with Crippen LogP contribution in [0.2, 0.25) is 5.02 Å². The number of halogens is 1. The Hall–Kier alpha value is -2.51. The molecule has 0 atom stereocenters. The Morgan fingerprint density at radius 2 is 1.96 bits per heavy atom. The molecule has 0 radical (unpaired) electrons. The Bertz CT molecular complexity index is 781. The number of aryl methyl sites for hydroxylation is 1. The molecule has 0 saturated carbocycles. The molecule has 0 aliphatic rings. The topological polar surface area (TPSA) is 59.3 Å². The molecule has 0 unspecified atom stereocenters. The Kier molecular flexibility index (Phi) is 6.22. The summed E-state index contributed by atoms with van der Waals surface area (Å²) in [5.74, 6) is 0.663. The zero-order valence-corrected chi connectivity index (χ0v) is 14.4. The van der Waals surface area contributed by atoms with E-state index in [1.807, 2.05) is 26.0 Å². The normalized spacial score (nSPS) is 10.1. The number of carbonyl (C=O) groups is 1. The van der Waals surface area contributed by atoms with Crippen LogP contribution in [0.15, 0.2) is 36.4 Å². The minimum atomic E-state index is -0.242. The van der Waals surface area contributed by atoms with Gasteiger partial charge in [0.05, 0.1) is 17.2 Å². The van der Waals surface area contributed by atoms with Crippen LogP contribution in [-0.2, 0) is 6.42 Å². The van der Waals surface area contributed by atoms with Crippen molar-refractivity contribution in [3.8, 4) is 17.6 Å². The van der Waals surface area contributed by atoms with Crippen LogP contribution in [0.3, 0.4) is 0 Å². The summed E-state index contributed by atoms with van der Waals surface area (Å²) in [6.45, 7) is 4.19. The molecule has 5 heteroatoms. The molecule has 124 valence electrons. The van der Waals surface area contributed by atoms with Gasteiger partial charge in [-0.05, 0) is 43.2 Å². The maximum atomic E-state index is 12.3. The minimum absolute atomic E-state index is 0.199. The molecule has 0 bridgehead atoms. The zero-order valence-electron chi connectivity index (χ0n) is 13.6. The minimum Gasteiger partial charge on any atom is -0.494 e. The van der Waals surface area contributed by atoms with E-state index in [4.69, 9.17) is 26.3 Å². The van der Waals surface area contributed by atoms with Crippen molar-refractivity contribution in [1.82, 2.24) is 0 Å². The third-order valence-corrected chi connectivity index (χ3v) is 3.80. The first-order chi connectivity index (χ1) is 11.6. The molecule has 2 aromatic carbocycles. The summed E-state index contributed by atoms with van der Waals surface area (Å²) in [6.07, 6.45) is 0.848. The van der Waals surface area contributed by atoms with Gasteiger partial charge in [-0.3, -0.25) is 4.79 Å². The summed E-state index contributed by atoms with van der Waals surface area (Å²) in [6, 6.07) is 12.3. The molecule has 0 heterocycles. The quantitative estimate of drug-likeness (QED) is 0.697. The van der Waals surface area contributed by atoms with Gasteiger partial charge < -0.3 is 9.47 Å². The Labute approximate surface area is 146 Å². The largest absolute Gasteiger partial charge is 0.494 e. The standard InChI is InChI=1S/C19H18ClNO3/c1-3-13-5-8-16(17(20)9-13)18(22)12-24-19-10-15(23-4-2)7-6-14(19)11-21/h5-10H,3-4,12H2,1-2H3. The average molecular weight is 344 g/mol. The number of ether oxygens (including phenoxy) is 2. The maximum Gasteiger partial charge on any atom is 0.201 e. The average Bonchev–Trinajstić information content (AvgIpc) is 2.60. The van der Waals surface area contributed by atoms with E-state index < -0.39 is 0 Å². The number of nitriles is 1. The molecule has 0 aliphatic heterocycles. The lowest BCUT2D eigenvalue weighted by atomic mass is 10.1. The van der Waals surface area contributed by atoms with Crippen LogP contribution >= 0.6 is 11.6 Å². The number of ketones is 1. The van der Waals surface area contributed by atoms with Gasteiger partial charge in [-0.2, -0.15) is 5.26 Å². The summed E-state index contributed by atoms with van der Waals surface area (Å²) in [7, 11) is 0. The molecule has 0 aromatic heterocycles. The second-order valence-corrected chi connectivity index (χ2v) is 5.49. The molecule has 24 heavy (non-hydrogen) atoms. The van der Waals surface area contributed by atoms with Crippen molar-refractivity contribution < 1.29 is 14.3 Å². The summed E-state index contributed by atoms with van der Waals surface area (Å²) in [5, 5.41) is 9.56. The van der Waals surface area contributed by atoms with Crippen LogP contribution in [0.5, 0.6) is 11.5 Å². The van der Waals surface area contributed by atoms with Crippen molar-refractivity contribution in [3.05, 3.63) is 58.1 Å². The predicted molar refractivity (Wildman–Crippen MR) is 93.0 cm³/mol. The van der Waals surface area contributed by atoms with Crippen molar-refractivity contribution in [2.75, 3.05) is 13.2 Å². The molecule has 2 aromatic rings. The van der Waals surface area contributed by atoms with Gasteiger partial charge in [-0.1, -0.05) is 24.6 Å². The number of carbonyl (C=O) groups excluding carboxylic acids is 1. The Morgan fingerprint density at radius 1 is 1.17 bits per heavy atom. The first-order valence-corrected chi connectivity index (χ1v) is 8.08. The van der Waals surface area contributed by atoms with Crippen LogP contribution < -0.4 is 9.47 Å². The number of hydrogen-bond donors (Lipinski definition) is 0. The maximum absolute atomic E-state index is 12.3. The molecule has 2 rings (SSSR count). The molecule has 0 N–H and O–H groups in total. The van der Waals surface area contributed by atoms with Crippen molar-refractivity contribution in [1.29, 1.82) is 5.26 Å². The highest BCUT2D eigenvalue weighted by atomic mass is 35.5. The van der Waals surface area contributed by atoms with Crippen molar-refractivity contribution in [2.24, 2.45) is 0 Å². The van der Waals surface area contributed by atoms with Crippen LogP contribution in [0.1, 0.15) is 35.3 Å². The number of nitrogens with zero attached hydrogens (tertiary/aromatic N) is 1. The lowest BCUT2D eigenvalue weighted by Crippen LogP contribution is -2.13. The highest BCUT2D eigenvalue weighted by molar-refractivity contribution is 6.34. The van der Waals surface area contributed by atoms with Crippen molar-refractivity contribution in [2.45, 2.75) is 20.3 Å². The summed E-state index contributed by atoms with van der Waals surface area (Å²) in [5.41, 5.74) is 1.82. The molecule has 0 fully saturated rings. The highest BCUT2D eigenvalue weighted by Crippen LogP contribution is 2.25. The van der Waals surface area contributed by atoms with Gasteiger partial charge in [0.2, 0.25) is 5.78 Å². The van der Waals surface area contributed by atoms with E-state index in [9.17, 15) is 4.79 Å². The smallest absolute Gasteiger partial charge is 0.201 e. The lowest BCUT2D eigenvalue weighted by Gasteiger charge is -2.11. The zero-order chi connectivity index (χ0) is 17.5. The van der Waals surface area contributed by atoms with Gasteiger partial charge >= 0.3 is 0 Å². The van der Waals surface area contributed by atoms with Gasteiger partial charge in [-0.15, -0.1) is 0 Å². The second-order valence-electron chi connectivity index (χ2n) is 5.08. The Balaban J connectivity index is 2.14. The fraction of sp³-hybridized carbons (Fsp3) is 0.263. The summed E-state index contributed by atoms with van der Waals surface area (Å²) >= 11 is 6.16. The molecular formula is C19H18ClNO3. The lowest BCUT2D eigenvalue weighted by molar-refractivity contribution is 0.0921. The van der Waals surface area contributed by atoms with Gasteiger partial charge in [0.25, 0.3) is 0 Å². The fourth-order valence-corrected chi connectivity index (χ4v) is 2.51. The first-order valence-electron chi connectivity index (χ1n) is 7.70.